The van der Waals surface area contributed by atoms with Gasteiger partial charge in [-0.2, -0.15) is 0 Å². The second-order valence-electron chi connectivity index (χ2n) is 4.62. The minimum absolute atomic E-state index is 0.0153. The number of aryl methyl sites for hydroxylation is 1. The molecule has 2 N–H and O–H groups in total. The number of carboxylic acid groups (broad SMARTS) is 1. The van der Waals surface area contributed by atoms with Gasteiger partial charge in [-0.15, -0.1) is 0 Å². The summed E-state index contributed by atoms with van der Waals surface area (Å²) in [6, 6.07) is 2.88. The van der Waals surface area contributed by atoms with Gasteiger partial charge >= 0.3 is 5.97 Å². The number of pyridine rings is 1. The maximum absolute atomic E-state index is 12.1. The molecule has 1 amide bonds. The predicted molar refractivity (Wildman–Crippen MR) is 74.6 cm³/mol. The lowest BCUT2D eigenvalue weighted by atomic mass is 10.2. The number of carboxylic acids is 1. The predicted octanol–water partition coefficient (Wildman–Crippen LogP) is 1.09. The monoisotopic (exact) mass is 280 g/mol. The van der Waals surface area contributed by atoms with Gasteiger partial charge < -0.3 is 15.0 Å². The minimum atomic E-state index is -0.888. The second kappa shape index (κ2) is 7.47. The average Bonchev–Trinajstić information content (AvgIpc) is 2.40. The van der Waals surface area contributed by atoms with Crippen molar-refractivity contribution in [1.82, 2.24) is 9.88 Å². The normalized spacial score (nSPS) is 11.9. The van der Waals surface area contributed by atoms with E-state index in [4.69, 9.17) is 5.11 Å². The van der Waals surface area contributed by atoms with E-state index >= 15 is 0 Å². The highest BCUT2D eigenvalue weighted by Gasteiger charge is 2.19. The summed E-state index contributed by atoms with van der Waals surface area (Å²) >= 11 is 0. The standard InChI is InChI=1S/C14H20N2O4/c1-3-11(13(19)15-8-4-7-12(17)18)16-9-5-6-10(2)14(16)20/h5-6,9,11H,3-4,7-8H2,1-2H3,(H,15,19)(H,17,18). The zero-order valence-corrected chi connectivity index (χ0v) is 11.8. The molecule has 0 aliphatic heterocycles. The van der Waals surface area contributed by atoms with Gasteiger partial charge in [0.15, 0.2) is 0 Å². The zero-order chi connectivity index (χ0) is 15.1. The number of nitrogens with one attached hydrogen (secondary N) is 1. The van der Waals surface area contributed by atoms with Crippen molar-refractivity contribution in [3.8, 4) is 0 Å². The van der Waals surface area contributed by atoms with Gasteiger partial charge in [-0.3, -0.25) is 14.4 Å². The number of hydrogen-bond acceptors (Lipinski definition) is 3. The molecule has 0 saturated heterocycles. The lowest BCUT2D eigenvalue weighted by Gasteiger charge is -2.18. The van der Waals surface area contributed by atoms with Crippen LogP contribution in [0.3, 0.4) is 0 Å². The van der Waals surface area contributed by atoms with Gasteiger partial charge in [-0.1, -0.05) is 13.0 Å². The van der Waals surface area contributed by atoms with Gasteiger partial charge in [0.1, 0.15) is 6.04 Å². The Morgan fingerprint density at radius 3 is 2.75 bits per heavy atom. The Hall–Kier alpha value is -2.11. The zero-order valence-electron chi connectivity index (χ0n) is 11.8. The maximum atomic E-state index is 12.1. The molecule has 0 fully saturated rings. The first-order valence-corrected chi connectivity index (χ1v) is 6.64. The second-order valence-corrected chi connectivity index (χ2v) is 4.62. The molecule has 0 spiro atoms. The largest absolute Gasteiger partial charge is 0.481 e. The van der Waals surface area contributed by atoms with E-state index in [1.165, 1.54) is 4.57 Å². The third-order valence-electron chi connectivity index (χ3n) is 3.06. The number of amides is 1. The number of rotatable bonds is 7. The molecular weight excluding hydrogens is 260 g/mol. The summed E-state index contributed by atoms with van der Waals surface area (Å²) in [5.41, 5.74) is 0.407. The molecule has 1 heterocycles. The van der Waals surface area contributed by atoms with E-state index < -0.39 is 12.0 Å². The molecule has 0 saturated carbocycles. The van der Waals surface area contributed by atoms with Crippen molar-refractivity contribution < 1.29 is 14.7 Å². The fraction of sp³-hybridized carbons (Fsp3) is 0.500. The Morgan fingerprint density at radius 2 is 2.15 bits per heavy atom. The molecule has 0 aromatic carbocycles. The van der Waals surface area contributed by atoms with Gasteiger partial charge in [-0.25, -0.2) is 0 Å². The summed E-state index contributed by atoms with van der Waals surface area (Å²) in [5.74, 6) is -1.15. The first-order valence-electron chi connectivity index (χ1n) is 6.64. The Kier molecular flexibility index (Phi) is 5.96. The van der Waals surface area contributed by atoms with Crippen molar-refractivity contribution in [2.45, 2.75) is 39.2 Å². The Labute approximate surface area is 117 Å². The van der Waals surface area contributed by atoms with Crippen LogP contribution < -0.4 is 10.9 Å². The maximum Gasteiger partial charge on any atom is 0.303 e. The molecule has 110 valence electrons. The summed E-state index contributed by atoms with van der Waals surface area (Å²) in [6.07, 6.45) is 2.48. The number of aromatic nitrogens is 1. The van der Waals surface area contributed by atoms with Crippen molar-refractivity contribution in [1.29, 1.82) is 0 Å². The van der Waals surface area contributed by atoms with Crippen LogP contribution in [0, 0.1) is 6.92 Å². The van der Waals surface area contributed by atoms with Gasteiger partial charge in [0, 0.05) is 24.7 Å². The number of carbonyl (C=O) groups is 2. The van der Waals surface area contributed by atoms with Crippen LogP contribution in [0.15, 0.2) is 23.1 Å². The van der Waals surface area contributed by atoms with Crippen LogP contribution in [0.1, 0.15) is 37.8 Å². The number of aliphatic carboxylic acids is 1. The van der Waals surface area contributed by atoms with Gasteiger partial charge in [0.2, 0.25) is 5.91 Å². The van der Waals surface area contributed by atoms with E-state index in [-0.39, 0.29) is 17.9 Å². The highest BCUT2D eigenvalue weighted by molar-refractivity contribution is 5.80. The molecule has 20 heavy (non-hydrogen) atoms. The van der Waals surface area contributed by atoms with Crippen molar-refractivity contribution in [2.24, 2.45) is 0 Å². The summed E-state index contributed by atoms with van der Waals surface area (Å²) in [4.78, 5) is 34.4. The van der Waals surface area contributed by atoms with Crippen LogP contribution in [0.4, 0.5) is 0 Å². The summed E-state index contributed by atoms with van der Waals surface area (Å²) in [6.45, 7) is 3.83. The van der Waals surface area contributed by atoms with Crippen molar-refractivity contribution >= 4 is 11.9 Å². The molecule has 0 aliphatic rings. The number of carbonyl (C=O) groups excluding carboxylic acids is 1. The topological polar surface area (TPSA) is 88.4 Å². The van der Waals surface area contributed by atoms with E-state index in [2.05, 4.69) is 5.32 Å². The fourth-order valence-electron chi connectivity index (χ4n) is 1.95. The van der Waals surface area contributed by atoms with E-state index in [0.717, 1.165) is 0 Å². The van der Waals surface area contributed by atoms with Crippen LogP contribution in [0.25, 0.3) is 0 Å². The Balaban J connectivity index is 2.70. The van der Waals surface area contributed by atoms with Crippen LogP contribution in [0.5, 0.6) is 0 Å². The molecule has 0 aliphatic carbocycles. The van der Waals surface area contributed by atoms with Crippen LogP contribution in [-0.4, -0.2) is 28.1 Å². The lowest BCUT2D eigenvalue weighted by Crippen LogP contribution is -2.37. The molecule has 1 aromatic rings. The smallest absolute Gasteiger partial charge is 0.303 e. The van der Waals surface area contributed by atoms with Crippen LogP contribution in [-0.2, 0) is 9.59 Å². The Bertz CT molecular complexity index is 536. The number of nitrogens with zero attached hydrogens (tertiary/aromatic N) is 1. The molecule has 1 rings (SSSR count). The Morgan fingerprint density at radius 1 is 1.45 bits per heavy atom. The summed E-state index contributed by atoms with van der Waals surface area (Å²) in [5, 5.41) is 11.2. The molecule has 0 radical (unpaired) electrons. The summed E-state index contributed by atoms with van der Waals surface area (Å²) in [7, 11) is 0. The highest BCUT2D eigenvalue weighted by Crippen LogP contribution is 2.09. The first kappa shape index (κ1) is 15.9. The molecule has 1 unspecified atom stereocenters. The molecule has 1 aromatic heterocycles. The molecule has 6 heteroatoms. The van der Waals surface area contributed by atoms with E-state index in [1.807, 2.05) is 6.92 Å². The molecular formula is C14H20N2O4. The van der Waals surface area contributed by atoms with Crippen molar-refractivity contribution in [2.75, 3.05) is 6.54 Å². The van der Waals surface area contributed by atoms with Gasteiger partial charge in [0.25, 0.3) is 5.56 Å². The minimum Gasteiger partial charge on any atom is -0.481 e. The average molecular weight is 280 g/mol. The molecule has 6 nitrogen and oxygen atoms in total. The van der Waals surface area contributed by atoms with E-state index in [0.29, 0.717) is 24.9 Å². The third kappa shape index (κ3) is 4.22. The third-order valence-corrected chi connectivity index (χ3v) is 3.06. The van der Waals surface area contributed by atoms with Crippen LogP contribution >= 0.6 is 0 Å². The molecule has 0 bridgehead atoms. The lowest BCUT2D eigenvalue weighted by molar-refractivity contribution is -0.137. The summed E-state index contributed by atoms with van der Waals surface area (Å²) < 4.78 is 1.42. The van der Waals surface area contributed by atoms with Crippen molar-refractivity contribution in [3.05, 3.63) is 34.2 Å². The van der Waals surface area contributed by atoms with E-state index in [9.17, 15) is 14.4 Å². The fourth-order valence-corrected chi connectivity index (χ4v) is 1.95. The van der Waals surface area contributed by atoms with Crippen molar-refractivity contribution in [3.63, 3.8) is 0 Å². The quantitative estimate of drug-likeness (QED) is 0.732. The van der Waals surface area contributed by atoms with Gasteiger partial charge in [-0.05, 0) is 25.8 Å². The van der Waals surface area contributed by atoms with E-state index in [1.54, 1.807) is 25.3 Å². The van der Waals surface area contributed by atoms with Gasteiger partial charge in [0.05, 0.1) is 0 Å². The van der Waals surface area contributed by atoms with Crippen LogP contribution in [0.2, 0.25) is 0 Å². The molecule has 1 atom stereocenters. The first-order chi connectivity index (χ1) is 9.47. The highest BCUT2D eigenvalue weighted by atomic mass is 16.4. The SMILES string of the molecule is CCC(C(=O)NCCCC(=O)O)n1cccc(C)c1=O. The number of hydrogen-bond donors (Lipinski definition) is 2.